The van der Waals surface area contributed by atoms with E-state index >= 15 is 0 Å². The van der Waals surface area contributed by atoms with E-state index in [0.29, 0.717) is 18.8 Å². The van der Waals surface area contributed by atoms with E-state index in [9.17, 15) is 8.42 Å². The summed E-state index contributed by atoms with van der Waals surface area (Å²) in [6, 6.07) is 3.88. The molecule has 0 amide bonds. The van der Waals surface area contributed by atoms with Crippen molar-refractivity contribution < 1.29 is 8.42 Å². The van der Waals surface area contributed by atoms with Gasteiger partial charge in [-0.2, -0.15) is 0 Å². The summed E-state index contributed by atoms with van der Waals surface area (Å²) >= 11 is 0. The van der Waals surface area contributed by atoms with Crippen molar-refractivity contribution in [2.24, 2.45) is 14.1 Å². The monoisotopic (exact) mass is 333 g/mol. The highest BCUT2D eigenvalue weighted by Gasteiger charge is 2.18. The lowest BCUT2D eigenvalue weighted by Gasteiger charge is -2.03. The minimum Gasteiger partial charge on any atom is -0.337 e. The van der Waals surface area contributed by atoms with Crippen molar-refractivity contribution in [2.45, 2.75) is 18.4 Å². The van der Waals surface area contributed by atoms with Crippen LogP contribution >= 0.6 is 0 Å². The molecule has 0 radical (unpaired) electrons. The second kappa shape index (κ2) is 5.78. The smallest absolute Gasteiger partial charge is 0.259 e. The quantitative estimate of drug-likeness (QED) is 0.759. The van der Waals surface area contributed by atoms with Crippen molar-refractivity contribution in [3.63, 3.8) is 0 Å². The summed E-state index contributed by atoms with van der Waals surface area (Å²) < 4.78 is 30.7. The molecule has 23 heavy (non-hydrogen) atoms. The fraction of sp³-hybridized carbons (Fsp3) is 0.333. The summed E-state index contributed by atoms with van der Waals surface area (Å²) in [7, 11) is 0.116. The third-order valence-corrected chi connectivity index (χ3v) is 5.20. The van der Waals surface area contributed by atoms with E-state index in [1.807, 2.05) is 29.9 Å². The molecule has 0 saturated heterocycles. The third kappa shape index (κ3) is 2.99. The number of fused-ring (bicyclic) bond motifs is 1. The zero-order chi connectivity index (χ0) is 16.6. The van der Waals surface area contributed by atoms with Crippen molar-refractivity contribution in [2.75, 3.05) is 6.54 Å². The molecule has 0 aromatic carbocycles. The molecule has 0 fully saturated rings. The van der Waals surface area contributed by atoms with Gasteiger partial charge >= 0.3 is 0 Å². The average molecular weight is 333 g/mol. The molecular formula is C15H19N5O2S. The van der Waals surface area contributed by atoms with E-state index < -0.39 is 10.0 Å². The van der Waals surface area contributed by atoms with Crippen LogP contribution in [0.25, 0.3) is 11.0 Å². The van der Waals surface area contributed by atoms with Crippen LogP contribution in [0.4, 0.5) is 0 Å². The van der Waals surface area contributed by atoms with Crippen LogP contribution in [0.3, 0.4) is 0 Å². The minimum absolute atomic E-state index is 0.0529. The van der Waals surface area contributed by atoms with Gasteiger partial charge in [-0.25, -0.2) is 23.1 Å². The highest BCUT2D eigenvalue weighted by molar-refractivity contribution is 7.89. The Bertz CT molecular complexity index is 936. The molecule has 0 unspecified atom stereocenters. The van der Waals surface area contributed by atoms with Crippen molar-refractivity contribution in [3.05, 3.63) is 42.1 Å². The molecule has 0 aliphatic rings. The number of pyridine rings is 1. The van der Waals surface area contributed by atoms with Crippen LogP contribution in [0.15, 0.2) is 35.7 Å². The Labute approximate surface area is 135 Å². The number of aryl methyl sites for hydroxylation is 3. The molecule has 3 heterocycles. The molecule has 3 aromatic rings. The number of nitrogens with zero attached hydrogens (tertiary/aromatic N) is 4. The number of imidazole rings is 1. The van der Waals surface area contributed by atoms with Gasteiger partial charge in [-0.15, -0.1) is 0 Å². The summed E-state index contributed by atoms with van der Waals surface area (Å²) in [5.74, 6) is 0.658. The lowest BCUT2D eigenvalue weighted by Crippen LogP contribution is -2.26. The summed E-state index contributed by atoms with van der Waals surface area (Å²) in [5, 5.41) is 1.10. The molecule has 8 heteroatoms. The maximum atomic E-state index is 12.3. The number of aromatic nitrogens is 4. The number of rotatable bonds is 5. The number of sulfonamides is 1. The number of hydrogen-bond acceptors (Lipinski definition) is 4. The van der Waals surface area contributed by atoms with Gasteiger partial charge in [0.05, 0.1) is 0 Å². The lowest BCUT2D eigenvalue weighted by molar-refractivity contribution is 0.578. The third-order valence-electron chi connectivity index (χ3n) is 3.86. The van der Waals surface area contributed by atoms with Gasteiger partial charge in [-0.1, -0.05) is 0 Å². The maximum Gasteiger partial charge on any atom is 0.259 e. The Morgan fingerprint density at radius 2 is 2.00 bits per heavy atom. The van der Waals surface area contributed by atoms with Gasteiger partial charge in [0, 0.05) is 44.6 Å². The molecule has 122 valence electrons. The Balaban J connectivity index is 1.73. The molecule has 3 rings (SSSR count). The van der Waals surface area contributed by atoms with Crippen LogP contribution in [0.2, 0.25) is 0 Å². The van der Waals surface area contributed by atoms with Crippen molar-refractivity contribution in [3.8, 4) is 0 Å². The molecule has 7 nitrogen and oxygen atoms in total. The Morgan fingerprint density at radius 1 is 1.22 bits per heavy atom. The van der Waals surface area contributed by atoms with E-state index in [-0.39, 0.29) is 5.03 Å². The predicted molar refractivity (Wildman–Crippen MR) is 87.6 cm³/mol. The highest BCUT2D eigenvalue weighted by atomic mass is 32.2. The Morgan fingerprint density at radius 3 is 2.70 bits per heavy atom. The molecule has 1 N–H and O–H groups in total. The fourth-order valence-corrected chi connectivity index (χ4v) is 3.61. The summed E-state index contributed by atoms with van der Waals surface area (Å²) in [6.07, 6.45) is 5.84. The summed E-state index contributed by atoms with van der Waals surface area (Å²) in [6.45, 7) is 2.08. The van der Waals surface area contributed by atoms with E-state index in [2.05, 4.69) is 14.7 Å². The van der Waals surface area contributed by atoms with Crippen LogP contribution in [-0.4, -0.2) is 34.1 Å². The second-order valence-electron chi connectivity index (χ2n) is 5.52. The predicted octanol–water partition coefficient (Wildman–Crippen LogP) is 1.14. The fourth-order valence-electron chi connectivity index (χ4n) is 2.54. The standard InChI is InChI=1S/C15H19N5O2S/c1-11-18-14(10-19(11)2)23(21,22)17-8-6-12-9-20(3)15-13(12)5-4-7-16-15/h4-5,7,9-10,17H,6,8H2,1-3H3. The minimum atomic E-state index is -3.58. The summed E-state index contributed by atoms with van der Waals surface area (Å²) in [4.78, 5) is 8.39. The molecule has 3 aromatic heterocycles. The first-order valence-electron chi connectivity index (χ1n) is 7.27. The van der Waals surface area contributed by atoms with Crippen molar-refractivity contribution >= 4 is 21.1 Å². The average Bonchev–Trinajstić information content (AvgIpc) is 3.01. The molecule has 0 spiro atoms. The maximum absolute atomic E-state index is 12.3. The van der Waals surface area contributed by atoms with Crippen LogP contribution < -0.4 is 4.72 Å². The molecule has 0 bridgehead atoms. The Hall–Kier alpha value is -2.19. The molecule has 0 saturated carbocycles. The van der Waals surface area contributed by atoms with E-state index in [0.717, 1.165) is 16.6 Å². The van der Waals surface area contributed by atoms with E-state index in [4.69, 9.17) is 0 Å². The van der Waals surface area contributed by atoms with Gasteiger partial charge in [-0.3, -0.25) is 0 Å². The van der Waals surface area contributed by atoms with Gasteiger partial charge in [0.1, 0.15) is 11.5 Å². The van der Waals surface area contributed by atoms with Crippen molar-refractivity contribution in [1.29, 1.82) is 0 Å². The normalized spacial score (nSPS) is 12.1. The molecule has 0 atom stereocenters. The van der Waals surface area contributed by atoms with E-state index in [1.165, 1.54) is 6.20 Å². The first kappa shape index (κ1) is 15.7. The zero-order valence-corrected chi connectivity index (χ0v) is 14.1. The largest absolute Gasteiger partial charge is 0.337 e. The van der Waals surface area contributed by atoms with Gasteiger partial charge in [0.2, 0.25) is 0 Å². The molecule has 0 aliphatic carbocycles. The first-order chi connectivity index (χ1) is 10.9. The van der Waals surface area contributed by atoms with Gasteiger partial charge < -0.3 is 9.13 Å². The molecular weight excluding hydrogens is 314 g/mol. The number of hydrogen-bond donors (Lipinski definition) is 1. The van der Waals surface area contributed by atoms with Crippen LogP contribution in [-0.2, 0) is 30.5 Å². The van der Waals surface area contributed by atoms with Gasteiger partial charge in [0.25, 0.3) is 10.0 Å². The highest BCUT2D eigenvalue weighted by Crippen LogP contribution is 2.18. The van der Waals surface area contributed by atoms with Crippen LogP contribution in [0.1, 0.15) is 11.4 Å². The topological polar surface area (TPSA) is 81.8 Å². The SMILES string of the molecule is Cc1nc(S(=O)(=O)NCCc2cn(C)c3ncccc23)cn1C. The van der Waals surface area contributed by atoms with Gasteiger partial charge in [-0.05, 0) is 31.0 Å². The van der Waals surface area contributed by atoms with Crippen molar-refractivity contribution in [1.82, 2.24) is 23.8 Å². The van der Waals surface area contributed by atoms with Crippen LogP contribution in [0.5, 0.6) is 0 Å². The summed E-state index contributed by atoms with van der Waals surface area (Å²) in [5.41, 5.74) is 1.96. The first-order valence-corrected chi connectivity index (χ1v) is 8.75. The lowest BCUT2D eigenvalue weighted by atomic mass is 10.2. The van der Waals surface area contributed by atoms with Crippen LogP contribution in [0, 0.1) is 6.92 Å². The Kier molecular flexibility index (Phi) is 3.95. The van der Waals surface area contributed by atoms with Gasteiger partial charge in [0.15, 0.2) is 5.03 Å². The molecule has 0 aliphatic heterocycles. The van der Waals surface area contributed by atoms with E-state index in [1.54, 1.807) is 24.7 Å². The number of nitrogens with one attached hydrogen (secondary N) is 1. The second-order valence-corrected chi connectivity index (χ2v) is 7.24. The zero-order valence-electron chi connectivity index (χ0n) is 13.3.